The van der Waals surface area contributed by atoms with Crippen LogP contribution >= 0.6 is 34.7 Å². The van der Waals surface area contributed by atoms with Crippen LogP contribution in [0, 0.1) is 0 Å². The fourth-order valence-electron chi connectivity index (χ4n) is 1.53. The summed E-state index contributed by atoms with van der Waals surface area (Å²) in [5, 5.41) is 12.8. The number of thioether (sulfide) groups is 1. The van der Waals surface area contributed by atoms with Gasteiger partial charge in [0.15, 0.2) is 0 Å². The fourth-order valence-corrected chi connectivity index (χ4v) is 3.33. The van der Waals surface area contributed by atoms with E-state index < -0.39 is 6.10 Å². The van der Waals surface area contributed by atoms with Crippen molar-refractivity contribution < 1.29 is 5.11 Å². The Balaban J connectivity index is 2.41. The molecule has 1 aromatic carbocycles. The van der Waals surface area contributed by atoms with E-state index >= 15 is 0 Å². The Hall–Kier alpha value is -0.480. The number of aliphatic hydroxyl groups is 1. The van der Waals surface area contributed by atoms with Gasteiger partial charge < -0.3 is 5.11 Å². The van der Waals surface area contributed by atoms with Gasteiger partial charge in [-0.05, 0) is 29.3 Å². The van der Waals surface area contributed by atoms with Crippen molar-refractivity contribution >= 4 is 34.7 Å². The van der Waals surface area contributed by atoms with Gasteiger partial charge in [-0.25, -0.2) is 0 Å². The zero-order valence-electron chi connectivity index (χ0n) is 8.68. The van der Waals surface area contributed by atoms with Crippen LogP contribution in [-0.2, 0) is 0 Å². The summed E-state index contributed by atoms with van der Waals surface area (Å²) in [4.78, 5) is 1.89. The molecular formula is C12H11ClOS2. The molecule has 16 heavy (non-hydrogen) atoms. The minimum Gasteiger partial charge on any atom is -0.383 e. The normalized spacial score (nSPS) is 12.7. The van der Waals surface area contributed by atoms with Crippen molar-refractivity contribution in [3.8, 4) is 0 Å². The maximum Gasteiger partial charge on any atom is 0.116 e. The molecule has 1 heterocycles. The van der Waals surface area contributed by atoms with Gasteiger partial charge in [-0.15, -0.1) is 23.1 Å². The topological polar surface area (TPSA) is 20.2 Å². The average molecular weight is 271 g/mol. The Labute approximate surface area is 108 Å². The molecule has 1 aromatic heterocycles. The second-order valence-corrected chi connectivity index (χ2v) is 5.48. The number of thiophene rings is 1. The lowest BCUT2D eigenvalue weighted by molar-refractivity contribution is 0.221. The third-order valence-corrected chi connectivity index (χ3v) is 4.55. The van der Waals surface area contributed by atoms with Crippen LogP contribution in [0.5, 0.6) is 0 Å². The van der Waals surface area contributed by atoms with Crippen molar-refractivity contribution in [2.45, 2.75) is 11.0 Å². The molecule has 84 valence electrons. The first kappa shape index (κ1) is 12.0. The third-order valence-electron chi connectivity index (χ3n) is 2.33. The summed E-state index contributed by atoms with van der Waals surface area (Å²) in [5.41, 5.74) is 0.916. The lowest BCUT2D eigenvalue weighted by Gasteiger charge is -2.13. The minimum atomic E-state index is -0.629. The van der Waals surface area contributed by atoms with Crippen LogP contribution in [0.1, 0.15) is 16.5 Å². The van der Waals surface area contributed by atoms with Crippen molar-refractivity contribution in [2.24, 2.45) is 0 Å². The van der Waals surface area contributed by atoms with Crippen LogP contribution in [0.2, 0.25) is 5.02 Å². The highest BCUT2D eigenvalue weighted by molar-refractivity contribution is 7.98. The SMILES string of the molecule is CSc1ccccc1C(O)c1sccc1Cl. The van der Waals surface area contributed by atoms with Gasteiger partial charge in [-0.3, -0.25) is 0 Å². The molecule has 2 aromatic rings. The largest absolute Gasteiger partial charge is 0.383 e. The molecule has 4 heteroatoms. The molecule has 0 aliphatic rings. The molecule has 1 unspecified atom stereocenters. The van der Waals surface area contributed by atoms with Gasteiger partial charge in [0.2, 0.25) is 0 Å². The second-order valence-electron chi connectivity index (χ2n) is 3.28. The minimum absolute atomic E-state index is 0.629. The van der Waals surface area contributed by atoms with Crippen LogP contribution in [0.4, 0.5) is 0 Å². The van der Waals surface area contributed by atoms with Gasteiger partial charge >= 0.3 is 0 Å². The summed E-state index contributed by atoms with van der Waals surface area (Å²) in [6.07, 6.45) is 1.37. The van der Waals surface area contributed by atoms with Crippen molar-refractivity contribution in [3.63, 3.8) is 0 Å². The summed E-state index contributed by atoms with van der Waals surface area (Å²) >= 11 is 9.13. The van der Waals surface area contributed by atoms with Crippen LogP contribution in [0.15, 0.2) is 40.6 Å². The molecule has 1 nitrogen and oxygen atoms in total. The van der Waals surface area contributed by atoms with E-state index in [1.807, 2.05) is 42.0 Å². The quantitative estimate of drug-likeness (QED) is 0.844. The van der Waals surface area contributed by atoms with Crippen LogP contribution < -0.4 is 0 Å². The zero-order valence-corrected chi connectivity index (χ0v) is 11.1. The first-order valence-electron chi connectivity index (χ1n) is 4.78. The number of halogens is 1. The molecule has 0 amide bonds. The molecule has 1 N–H and O–H groups in total. The maximum absolute atomic E-state index is 10.3. The molecule has 0 saturated heterocycles. The Morgan fingerprint density at radius 2 is 2.06 bits per heavy atom. The number of hydrogen-bond acceptors (Lipinski definition) is 3. The summed E-state index contributed by atoms with van der Waals surface area (Å²) < 4.78 is 0. The molecule has 0 saturated carbocycles. The zero-order chi connectivity index (χ0) is 11.5. The maximum atomic E-state index is 10.3. The second kappa shape index (κ2) is 5.23. The van der Waals surface area contributed by atoms with Crippen molar-refractivity contribution in [1.29, 1.82) is 0 Å². The lowest BCUT2D eigenvalue weighted by Crippen LogP contribution is -1.99. The fraction of sp³-hybridized carbons (Fsp3) is 0.167. The Bertz CT molecular complexity index is 481. The molecule has 0 fully saturated rings. The molecule has 2 rings (SSSR count). The monoisotopic (exact) mass is 270 g/mol. The van der Waals surface area contributed by atoms with E-state index in [2.05, 4.69) is 0 Å². The third kappa shape index (κ3) is 2.28. The lowest BCUT2D eigenvalue weighted by atomic mass is 10.1. The molecule has 0 radical (unpaired) electrons. The van der Waals surface area contributed by atoms with Gasteiger partial charge in [-0.1, -0.05) is 29.8 Å². The number of rotatable bonds is 3. The molecule has 1 atom stereocenters. The Morgan fingerprint density at radius 3 is 2.69 bits per heavy atom. The van der Waals surface area contributed by atoms with Crippen LogP contribution in [0.25, 0.3) is 0 Å². The highest BCUT2D eigenvalue weighted by Crippen LogP contribution is 2.36. The van der Waals surface area contributed by atoms with Gasteiger partial charge in [-0.2, -0.15) is 0 Å². The standard InChI is InChI=1S/C12H11ClOS2/c1-15-10-5-3-2-4-8(10)11(14)12-9(13)6-7-16-12/h2-7,11,14H,1H3. The van der Waals surface area contributed by atoms with Crippen molar-refractivity contribution in [1.82, 2.24) is 0 Å². The first-order valence-corrected chi connectivity index (χ1v) is 7.26. The number of hydrogen-bond donors (Lipinski definition) is 1. The van der Waals surface area contributed by atoms with Gasteiger partial charge in [0, 0.05) is 4.90 Å². The molecule has 0 spiro atoms. The number of aliphatic hydroxyl groups excluding tert-OH is 1. The van der Waals surface area contributed by atoms with E-state index in [0.717, 1.165) is 15.3 Å². The highest BCUT2D eigenvalue weighted by Gasteiger charge is 2.17. The summed E-state index contributed by atoms with van der Waals surface area (Å²) in [7, 11) is 0. The Morgan fingerprint density at radius 1 is 1.31 bits per heavy atom. The number of benzene rings is 1. The van der Waals surface area contributed by atoms with E-state index in [0.29, 0.717) is 5.02 Å². The smallest absolute Gasteiger partial charge is 0.116 e. The van der Waals surface area contributed by atoms with Crippen molar-refractivity contribution in [3.05, 3.63) is 51.2 Å². The summed E-state index contributed by atoms with van der Waals surface area (Å²) in [6.45, 7) is 0. The molecular weight excluding hydrogens is 260 g/mol. The van der Waals surface area contributed by atoms with E-state index in [9.17, 15) is 5.11 Å². The molecule has 0 bridgehead atoms. The average Bonchev–Trinajstić information content (AvgIpc) is 2.74. The van der Waals surface area contributed by atoms with E-state index in [1.54, 1.807) is 11.8 Å². The highest BCUT2D eigenvalue weighted by atomic mass is 35.5. The predicted molar refractivity (Wildman–Crippen MR) is 71.6 cm³/mol. The van der Waals surface area contributed by atoms with Gasteiger partial charge in [0.1, 0.15) is 6.10 Å². The Kier molecular flexibility index (Phi) is 3.92. The van der Waals surface area contributed by atoms with E-state index in [-0.39, 0.29) is 0 Å². The van der Waals surface area contributed by atoms with Gasteiger partial charge in [0.25, 0.3) is 0 Å². The molecule has 0 aliphatic heterocycles. The summed E-state index contributed by atoms with van der Waals surface area (Å²) in [6, 6.07) is 9.65. The van der Waals surface area contributed by atoms with Crippen LogP contribution in [0.3, 0.4) is 0 Å². The van der Waals surface area contributed by atoms with E-state index in [4.69, 9.17) is 11.6 Å². The van der Waals surface area contributed by atoms with E-state index in [1.165, 1.54) is 11.3 Å². The molecule has 0 aliphatic carbocycles. The van der Waals surface area contributed by atoms with Crippen molar-refractivity contribution in [2.75, 3.05) is 6.26 Å². The first-order chi connectivity index (χ1) is 7.74. The van der Waals surface area contributed by atoms with Crippen LogP contribution in [-0.4, -0.2) is 11.4 Å². The van der Waals surface area contributed by atoms with Gasteiger partial charge in [0.05, 0.1) is 9.90 Å². The summed E-state index contributed by atoms with van der Waals surface area (Å²) in [5.74, 6) is 0. The predicted octanol–water partition coefficient (Wildman–Crippen LogP) is 4.21.